The normalized spacial score (nSPS) is 16.0. The van der Waals surface area contributed by atoms with Crippen LogP contribution in [0.15, 0.2) is 0 Å². The fraction of sp³-hybridized carbons (Fsp3) is 0.765. The molecular formula is C17H31Cl2N3O2S. The van der Waals surface area contributed by atoms with Gasteiger partial charge in [-0.1, -0.05) is 13.8 Å². The lowest BCUT2D eigenvalue weighted by molar-refractivity contribution is 0.0512. The third-order valence-electron chi connectivity index (χ3n) is 4.37. The molecule has 1 fully saturated rings. The Hall–Kier alpha value is -0.400. The SMILES string of the molecule is COCC1(CNC(=O)c2sc(CC(C)C)nc2C)CCNCC1.Cl.Cl. The lowest BCUT2D eigenvalue weighted by Crippen LogP contribution is -2.47. The number of ether oxygens (including phenoxy) is 1. The van der Waals surface area contributed by atoms with Gasteiger partial charge in [0.1, 0.15) is 4.88 Å². The lowest BCUT2D eigenvalue weighted by atomic mass is 9.79. The maximum absolute atomic E-state index is 12.6. The standard InChI is InChI=1S/C17H29N3O2S.2ClH/c1-12(2)9-14-20-13(3)15(23-14)16(21)19-10-17(11-22-4)5-7-18-8-6-17;;/h12,18H,5-11H2,1-4H3,(H,19,21);2*1H. The van der Waals surface area contributed by atoms with E-state index in [1.54, 1.807) is 7.11 Å². The highest BCUT2D eigenvalue weighted by Crippen LogP contribution is 2.28. The molecule has 2 N–H and O–H groups in total. The minimum absolute atomic E-state index is 0. The summed E-state index contributed by atoms with van der Waals surface area (Å²) in [7, 11) is 1.73. The van der Waals surface area contributed by atoms with Crippen LogP contribution in [0.3, 0.4) is 0 Å². The number of amides is 1. The molecule has 1 amide bonds. The Labute approximate surface area is 167 Å². The topological polar surface area (TPSA) is 63.2 Å². The quantitative estimate of drug-likeness (QED) is 0.722. The van der Waals surface area contributed by atoms with Gasteiger partial charge in [0.05, 0.1) is 17.3 Å². The summed E-state index contributed by atoms with van der Waals surface area (Å²) >= 11 is 1.53. The Kier molecular flexibility index (Phi) is 11.2. The number of hydrogen-bond donors (Lipinski definition) is 2. The summed E-state index contributed by atoms with van der Waals surface area (Å²) in [5.41, 5.74) is 0.893. The molecule has 0 atom stereocenters. The largest absolute Gasteiger partial charge is 0.384 e. The summed E-state index contributed by atoms with van der Waals surface area (Å²) in [6.07, 6.45) is 2.99. The molecule has 2 heterocycles. The van der Waals surface area contributed by atoms with E-state index in [1.165, 1.54) is 11.3 Å². The van der Waals surface area contributed by atoms with Crippen LogP contribution in [-0.4, -0.2) is 44.2 Å². The number of nitrogens with zero attached hydrogens (tertiary/aromatic N) is 1. The Bertz CT molecular complexity index is 526. The van der Waals surface area contributed by atoms with Crippen molar-refractivity contribution in [1.29, 1.82) is 0 Å². The average molecular weight is 412 g/mol. The monoisotopic (exact) mass is 411 g/mol. The molecule has 146 valence electrons. The number of halogens is 2. The van der Waals surface area contributed by atoms with Crippen LogP contribution in [0.25, 0.3) is 0 Å². The van der Waals surface area contributed by atoms with Crippen molar-refractivity contribution in [3.63, 3.8) is 0 Å². The highest BCUT2D eigenvalue weighted by molar-refractivity contribution is 7.13. The highest BCUT2D eigenvalue weighted by atomic mass is 35.5. The predicted molar refractivity (Wildman–Crippen MR) is 109 cm³/mol. The molecule has 1 saturated heterocycles. The van der Waals surface area contributed by atoms with Crippen molar-refractivity contribution < 1.29 is 9.53 Å². The zero-order valence-corrected chi connectivity index (χ0v) is 18.0. The number of aryl methyl sites for hydroxylation is 1. The Balaban J connectivity index is 0.00000288. The van der Waals surface area contributed by atoms with Crippen molar-refractivity contribution in [3.05, 3.63) is 15.6 Å². The molecule has 0 saturated carbocycles. The van der Waals surface area contributed by atoms with Crippen LogP contribution >= 0.6 is 36.2 Å². The first-order valence-electron chi connectivity index (χ1n) is 8.40. The molecule has 0 unspecified atom stereocenters. The maximum Gasteiger partial charge on any atom is 0.263 e. The molecule has 0 radical (unpaired) electrons. The van der Waals surface area contributed by atoms with Gasteiger partial charge in [0.25, 0.3) is 5.91 Å². The number of carbonyl (C=O) groups is 1. The first kappa shape index (κ1) is 24.6. The molecule has 5 nitrogen and oxygen atoms in total. The number of hydrogen-bond acceptors (Lipinski definition) is 5. The van der Waals surface area contributed by atoms with Gasteiger partial charge >= 0.3 is 0 Å². The van der Waals surface area contributed by atoms with E-state index in [4.69, 9.17) is 4.74 Å². The van der Waals surface area contributed by atoms with Gasteiger partial charge in [0, 0.05) is 25.5 Å². The molecule has 25 heavy (non-hydrogen) atoms. The molecule has 8 heteroatoms. The highest BCUT2D eigenvalue weighted by Gasteiger charge is 2.33. The van der Waals surface area contributed by atoms with Gasteiger partial charge in [0.15, 0.2) is 0 Å². The second-order valence-corrected chi connectivity index (χ2v) is 8.07. The van der Waals surface area contributed by atoms with E-state index >= 15 is 0 Å². The molecule has 1 aliphatic heterocycles. The first-order valence-corrected chi connectivity index (χ1v) is 9.21. The number of thiazole rings is 1. The summed E-state index contributed by atoms with van der Waals surface area (Å²) in [5, 5.41) is 7.55. The number of methoxy groups -OCH3 is 1. The summed E-state index contributed by atoms with van der Waals surface area (Å²) in [6.45, 7) is 9.58. The third-order valence-corrected chi connectivity index (χ3v) is 5.55. The smallest absolute Gasteiger partial charge is 0.263 e. The Morgan fingerprint density at radius 3 is 2.56 bits per heavy atom. The van der Waals surface area contributed by atoms with E-state index in [2.05, 4.69) is 29.5 Å². The Morgan fingerprint density at radius 2 is 2.00 bits per heavy atom. The minimum Gasteiger partial charge on any atom is -0.384 e. The van der Waals surface area contributed by atoms with Crippen molar-refractivity contribution in [3.8, 4) is 0 Å². The molecule has 2 rings (SSSR count). The molecule has 0 aliphatic carbocycles. The molecule has 0 spiro atoms. The van der Waals surface area contributed by atoms with Gasteiger partial charge in [-0.25, -0.2) is 4.98 Å². The van der Waals surface area contributed by atoms with Crippen LogP contribution in [-0.2, 0) is 11.2 Å². The lowest BCUT2D eigenvalue weighted by Gasteiger charge is -2.37. The zero-order chi connectivity index (χ0) is 16.9. The predicted octanol–water partition coefficient (Wildman–Crippen LogP) is 3.24. The Morgan fingerprint density at radius 1 is 1.36 bits per heavy atom. The van der Waals surface area contributed by atoms with Crippen LogP contribution in [0.2, 0.25) is 0 Å². The van der Waals surface area contributed by atoms with Crippen LogP contribution in [0.4, 0.5) is 0 Å². The van der Waals surface area contributed by atoms with Crippen LogP contribution in [0.5, 0.6) is 0 Å². The van der Waals surface area contributed by atoms with E-state index in [-0.39, 0.29) is 36.1 Å². The first-order chi connectivity index (χ1) is 11.0. The second kappa shape index (κ2) is 11.3. The van der Waals surface area contributed by atoms with Crippen molar-refractivity contribution >= 4 is 42.1 Å². The van der Waals surface area contributed by atoms with Gasteiger partial charge in [-0.2, -0.15) is 0 Å². The molecular weight excluding hydrogens is 381 g/mol. The van der Waals surface area contributed by atoms with E-state index in [0.29, 0.717) is 19.1 Å². The summed E-state index contributed by atoms with van der Waals surface area (Å²) in [5.74, 6) is 0.556. The zero-order valence-electron chi connectivity index (χ0n) is 15.5. The van der Waals surface area contributed by atoms with Gasteiger partial charge in [-0.15, -0.1) is 36.2 Å². The van der Waals surface area contributed by atoms with E-state index in [0.717, 1.165) is 47.9 Å². The van der Waals surface area contributed by atoms with Crippen LogP contribution in [0, 0.1) is 18.3 Å². The van der Waals surface area contributed by atoms with Gasteiger partial charge in [0.2, 0.25) is 0 Å². The van der Waals surface area contributed by atoms with E-state index < -0.39 is 0 Å². The van der Waals surface area contributed by atoms with Crippen molar-refractivity contribution in [2.24, 2.45) is 11.3 Å². The van der Waals surface area contributed by atoms with E-state index in [1.807, 2.05) is 6.92 Å². The number of rotatable bonds is 7. The van der Waals surface area contributed by atoms with Crippen molar-refractivity contribution in [2.45, 2.75) is 40.0 Å². The number of nitrogens with one attached hydrogen (secondary N) is 2. The average Bonchev–Trinajstić information content (AvgIpc) is 2.86. The van der Waals surface area contributed by atoms with Gasteiger partial charge < -0.3 is 15.4 Å². The third kappa shape index (κ3) is 7.02. The summed E-state index contributed by atoms with van der Waals surface area (Å²) in [6, 6.07) is 0. The number of carbonyl (C=O) groups excluding carboxylic acids is 1. The minimum atomic E-state index is 0. The second-order valence-electron chi connectivity index (χ2n) is 6.99. The molecule has 0 bridgehead atoms. The van der Waals surface area contributed by atoms with Crippen LogP contribution in [0.1, 0.15) is 47.1 Å². The maximum atomic E-state index is 12.6. The summed E-state index contributed by atoms with van der Waals surface area (Å²) in [4.78, 5) is 17.9. The van der Waals surface area contributed by atoms with Gasteiger partial charge in [-0.05, 0) is 38.8 Å². The molecule has 0 aromatic carbocycles. The fourth-order valence-corrected chi connectivity index (χ4v) is 4.28. The number of piperidine rings is 1. The fourth-order valence-electron chi connectivity index (χ4n) is 3.08. The molecule has 1 aliphatic rings. The van der Waals surface area contributed by atoms with Crippen molar-refractivity contribution in [1.82, 2.24) is 15.6 Å². The number of aromatic nitrogens is 1. The van der Waals surface area contributed by atoms with E-state index in [9.17, 15) is 4.79 Å². The van der Waals surface area contributed by atoms with Crippen LogP contribution < -0.4 is 10.6 Å². The summed E-state index contributed by atoms with van der Waals surface area (Å²) < 4.78 is 5.41. The van der Waals surface area contributed by atoms with Gasteiger partial charge in [-0.3, -0.25) is 4.79 Å². The van der Waals surface area contributed by atoms with Crippen molar-refractivity contribution in [2.75, 3.05) is 33.4 Å². The molecule has 1 aromatic heterocycles. The molecule has 1 aromatic rings.